The first kappa shape index (κ1) is 14.9. The van der Waals surface area contributed by atoms with Crippen molar-refractivity contribution in [3.8, 4) is 0 Å². The summed E-state index contributed by atoms with van der Waals surface area (Å²) in [4.78, 5) is 7.37. The van der Waals surface area contributed by atoms with Gasteiger partial charge in [-0.25, -0.2) is 4.98 Å². The molecule has 0 radical (unpaired) electrons. The van der Waals surface area contributed by atoms with Crippen LogP contribution in [0, 0.1) is 13.8 Å². The topological polar surface area (TPSA) is 17.8 Å². The van der Waals surface area contributed by atoms with Crippen LogP contribution in [0.15, 0.2) is 24.3 Å². The molecule has 0 saturated carbocycles. The fraction of sp³-hybridized carbons (Fsp3) is 0.312. The lowest BCUT2D eigenvalue weighted by Crippen LogP contribution is -2.05. The van der Waals surface area contributed by atoms with Crippen molar-refractivity contribution in [2.45, 2.75) is 26.8 Å². The average molecular weight is 339 g/mol. The number of imidazole rings is 1. The summed E-state index contributed by atoms with van der Waals surface area (Å²) in [5.74, 6) is 1.56. The maximum absolute atomic E-state index is 6.39. The van der Waals surface area contributed by atoms with Crippen LogP contribution in [0.25, 0.3) is 11.0 Å². The van der Waals surface area contributed by atoms with Crippen LogP contribution in [0.3, 0.4) is 0 Å². The van der Waals surface area contributed by atoms with Crippen molar-refractivity contribution in [1.82, 2.24) is 9.55 Å². The highest BCUT2D eigenvalue weighted by Crippen LogP contribution is 2.28. The highest BCUT2D eigenvalue weighted by Gasteiger charge is 2.14. The summed E-state index contributed by atoms with van der Waals surface area (Å²) in [5, 5.41) is 0.742. The van der Waals surface area contributed by atoms with Crippen LogP contribution in [-0.4, -0.2) is 15.4 Å². The Morgan fingerprint density at radius 1 is 1.29 bits per heavy atom. The van der Waals surface area contributed by atoms with Gasteiger partial charge in [0.05, 0.1) is 22.6 Å². The van der Waals surface area contributed by atoms with Crippen molar-refractivity contribution in [3.05, 3.63) is 50.4 Å². The predicted octanol–water partition coefficient (Wildman–Crippen LogP) is 5.20. The molecule has 0 amide bonds. The van der Waals surface area contributed by atoms with Crippen molar-refractivity contribution >= 4 is 45.6 Å². The number of halogens is 2. The van der Waals surface area contributed by atoms with E-state index < -0.39 is 0 Å². The standard InChI is InChI=1S/C16H16Cl2N2S/c1-10-8-12(21-11(10)2)9-20-15(6-7-17)19-14-5-3-4-13(18)16(14)20/h3-5,8H,6-7,9H2,1-2H3. The molecule has 2 aromatic heterocycles. The molecule has 0 aliphatic rings. The summed E-state index contributed by atoms with van der Waals surface area (Å²) in [6.07, 6.45) is 0.746. The van der Waals surface area contributed by atoms with E-state index in [1.54, 1.807) is 0 Å². The van der Waals surface area contributed by atoms with Gasteiger partial charge in [-0.3, -0.25) is 0 Å². The lowest BCUT2D eigenvalue weighted by molar-refractivity contribution is 0.763. The van der Waals surface area contributed by atoms with E-state index in [1.165, 1.54) is 15.3 Å². The van der Waals surface area contributed by atoms with Gasteiger partial charge < -0.3 is 4.57 Å². The van der Waals surface area contributed by atoms with Crippen LogP contribution >= 0.6 is 34.5 Å². The van der Waals surface area contributed by atoms with Gasteiger partial charge >= 0.3 is 0 Å². The van der Waals surface area contributed by atoms with E-state index in [1.807, 2.05) is 29.5 Å². The van der Waals surface area contributed by atoms with Gasteiger partial charge in [-0.15, -0.1) is 22.9 Å². The Hall–Kier alpha value is -1.03. The van der Waals surface area contributed by atoms with Crippen LogP contribution < -0.4 is 0 Å². The molecule has 0 atom stereocenters. The van der Waals surface area contributed by atoms with Crippen LogP contribution in [0.5, 0.6) is 0 Å². The number of fused-ring (bicyclic) bond motifs is 1. The van der Waals surface area contributed by atoms with E-state index in [0.717, 1.165) is 34.8 Å². The molecule has 0 spiro atoms. The normalized spacial score (nSPS) is 11.4. The molecule has 0 N–H and O–H groups in total. The van der Waals surface area contributed by atoms with Crippen LogP contribution in [0.4, 0.5) is 0 Å². The fourth-order valence-corrected chi connectivity index (χ4v) is 4.00. The summed E-state index contributed by atoms with van der Waals surface area (Å²) >= 11 is 14.1. The molecular weight excluding hydrogens is 323 g/mol. The number of para-hydroxylation sites is 1. The highest BCUT2D eigenvalue weighted by atomic mass is 35.5. The number of rotatable bonds is 4. The average Bonchev–Trinajstić information content (AvgIpc) is 2.93. The molecule has 21 heavy (non-hydrogen) atoms. The van der Waals surface area contributed by atoms with Gasteiger partial charge in [0.25, 0.3) is 0 Å². The highest BCUT2D eigenvalue weighted by molar-refractivity contribution is 7.12. The lowest BCUT2D eigenvalue weighted by Gasteiger charge is -2.08. The van der Waals surface area contributed by atoms with E-state index in [4.69, 9.17) is 23.2 Å². The Bertz CT molecular complexity index is 770. The summed E-state index contributed by atoms with van der Waals surface area (Å²) in [6, 6.07) is 8.09. The molecule has 5 heteroatoms. The van der Waals surface area contributed by atoms with Crippen molar-refractivity contribution in [1.29, 1.82) is 0 Å². The molecule has 3 rings (SSSR count). The van der Waals surface area contributed by atoms with Crippen LogP contribution in [-0.2, 0) is 13.0 Å². The quantitative estimate of drug-likeness (QED) is 0.598. The smallest absolute Gasteiger partial charge is 0.111 e. The lowest BCUT2D eigenvalue weighted by atomic mass is 10.2. The van der Waals surface area contributed by atoms with E-state index in [2.05, 4.69) is 29.5 Å². The third-order valence-electron chi connectivity index (χ3n) is 3.65. The Morgan fingerprint density at radius 3 is 2.76 bits per heavy atom. The van der Waals surface area contributed by atoms with Crippen molar-refractivity contribution in [2.24, 2.45) is 0 Å². The number of nitrogens with zero attached hydrogens (tertiary/aromatic N) is 2. The number of alkyl halides is 1. The number of hydrogen-bond donors (Lipinski definition) is 0. The minimum Gasteiger partial charge on any atom is -0.321 e. The Balaban J connectivity index is 2.12. The zero-order chi connectivity index (χ0) is 15.0. The van der Waals surface area contributed by atoms with Gasteiger partial charge in [0.1, 0.15) is 5.82 Å². The minimum absolute atomic E-state index is 0.559. The summed E-state index contributed by atoms with van der Waals surface area (Å²) in [7, 11) is 0. The van der Waals surface area contributed by atoms with Gasteiger partial charge in [-0.2, -0.15) is 0 Å². The second kappa shape index (κ2) is 5.99. The molecule has 3 aromatic rings. The van der Waals surface area contributed by atoms with Gasteiger partial charge in [0.2, 0.25) is 0 Å². The Labute approximate surface area is 138 Å². The monoisotopic (exact) mass is 338 g/mol. The number of aryl methyl sites for hydroxylation is 3. The predicted molar refractivity (Wildman–Crippen MR) is 92.1 cm³/mol. The number of thiophene rings is 1. The first-order valence-corrected chi connectivity index (χ1v) is 8.58. The molecule has 2 heterocycles. The van der Waals surface area contributed by atoms with Gasteiger partial charge in [0.15, 0.2) is 0 Å². The first-order valence-electron chi connectivity index (χ1n) is 6.85. The van der Waals surface area contributed by atoms with Crippen LogP contribution in [0.1, 0.15) is 21.1 Å². The molecule has 0 aliphatic heterocycles. The van der Waals surface area contributed by atoms with Crippen molar-refractivity contribution in [3.63, 3.8) is 0 Å². The molecular formula is C16H16Cl2N2S. The van der Waals surface area contributed by atoms with Gasteiger partial charge in [-0.05, 0) is 37.6 Å². The fourth-order valence-electron chi connectivity index (χ4n) is 2.52. The second-order valence-corrected chi connectivity index (χ2v) is 7.24. The molecule has 1 aromatic carbocycles. The van der Waals surface area contributed by atoms with Gasteiger partial charge in [-0.1, -0.05) is 17.7 Å². The maximum atomic E-state index is 6.39. The van der Waals surface area contributed by atoms with E-state index in [9.17, 15) is 0 Å². The Morgan fingerprint density at radius 2 is 2.10 bits per heavy atom. The molecule has 0 bridgehead atoms. The second-order valence-electron chi connectivity index (χ2n) is 5.11. The Kier molecular flexibility index (Phi) is 4.25. The number of hydrogen-bond acceptors (Lipinski definition) is 2. The molecule has 0 unspecified atom stereocenters. The molecule has 0 saturated heterocycles. The van der Waals surface area contributed by atoms with Crippen molar-refractivity contribution < 1.29 is 0 Å². The van der Waals surface area contributed by atoms with E-state index in [0.29, 0.717) is 5.88 Å². The molecule has 2 nitrogen and oxygen atoms in total. The summed E-state index contributed by atoms with van der Waals surface area (Å²) in [6.45, 7) is 5.10. The number of aromatic nitrogens is 2. The SMILES string of the molecule is Cc1cc(Cn2c(CCCl)nc3cccc(Cl)c32)sc1C. The maximum Gasteiger partial charge on any atom is 0.111 e. The largest absolute Gasteiger partial charge is 0.321 e. The van der Waals surface area contributed by atoms with Gasteiger partial charge in [0, 0.05) is 22.1 Å². The van der Waals surface area contributed by atoms with Crippen molar-refractivity contribution in [2.75, 3.05) is 5.88 Å². The number of benzene rings is 1. The third-order valence-corrected chi connectivity index (χ3v) is 5.28. The van der Waals surface area contributed by atoms with E-state index >= 15 is 0 Å². The molecule has 0 aliphatic carbocycles. The molecule has 0 fully saturated rings. The zero-order valence-corrected chi connectivity index (χ0v) is 14.3. The summed E-state index contributed by atoms with van der Waals surface area (Å²) < 4.78 is 2.20. The first-order chi connectivity index (χ1) is 10.1. The minimum atomic E-state index is 0.559. The third kappa shape index (κ3) is 2.83. The molecule has 110 valence electrons. The zero-order valence-electron chi connectivity index (χ0n) is 12.0. The van der Waals surface area contributed by atoms with Crippen LogP contribution in [0.2, 0.25) is 5.02 Å². The van der Waals surface area contributed by atoms with E-state index in [-0.39, 0.29) is 0 Å². The summed E-state index contributed by atoms with van der Waals surface area (Å²) in [5.41, 5.74) is 3.28.